The molecule has 102 valence electrons. The van der Waals surface area contributed by atoms with Crippen LogP contribution in [0.3, 0.4) is 0 Å². The largest absolute Gasteiger partial charge is 0.496 e. The van der Waals surface area contributed by atoms with Crippen molar-refractivity contribution in [2.75, 3.05) is 20.3 Å². The minimum absolute atomic E-state index is 0.181. The van der Waals surface area contributed by atoms with Crippen molar-refractivity contribution in [2.24, 2.45) is 0 Å². The molecule has 1 aromatic carbocycles. The van der Waals surface area contributed by atoms with Gasteiger partial charge in [0.1, 0.15) is 5.75 Å². The summed E-state index contributed by atoms with van der Waals surface area (Å²) in [5, 5.41) is 3.45. The van der Waals surface area contributed by atoms with Gasteiger partial charge in [0, 0.05) is 5.56 Å². The average molecular weight is 251 g/mol. The highest BCUT2D eigenvalue weighted by molar-refractivity contribution is 5.35. The second-order valence-corrected chi connectivity index (χ2v) is 4.40. The number of nitrogens with one attached hydrogen (secondary N) is 1. The smallest absolute Gasteiger partial charge is 0.123 e. The predicted octanol–water partition coefficient (Wildman–Crippen LogP) is 3.16. The van der Waals surface area contributed by atoms with Crippen LogP contribution in [0.2, 0.25) is 0 Å². The van der Waals surface area contributed by atoms with E-state index in [1.54, 1.807) is 7.11 Å². The first-order valence-corrected chi connectivity index (χ1v) is 6.70. The third-order valence-electron chi connectivity index (χ3n) is 3.09. The number of methoxy groups -OCH3 is 1. The number of para-hydroxylation sites is 1. The van der Waals surface area contributed by atoms with E-state index in [0.717, 1.165) is 24.3 Å². The molecule has 3 heteroatoms. The molecule has 0 aromatic heterocycles. The summed E-state index contributed by atoms with van der Waals surface area (Å²) in [7, 11) is 1.71. The lowest BCUT2D eigenvalue weighted by atomic mass is 10.1. The van der Waals surface area contributed by atoms with Gasteiger partial charge in [-0.1, -0.05) is 32.0 Å². The lowest BCUT2D eigenvalue weighted by Gasteiger charge is -2.22. The van der Waals surface area contributed by atoms with Crippen molar-refractivity contribution in [1.82, 2.24) is 5.32 Å². The van der Waals surface area contributed by atoms with Crippen molar-refractivity contribution >= 4 is 0 Å². The van der Waals surface area contributed by atoms with Crippen LogP contribution in [0, 0.1) is 0 Å². The molecule has 3 nitrogen and oxygen atoms in total. The Labute approximate surface area is 110 Å². The van der Waals surface area contributed by atoms with Gasteiger partial charge in [-0.25, -0.2) is 0 Å². The Morgan fingerprint density at radius 1 is 1.22 bits per heavy atom. The summed E-state index contributed by atoms with van der Waals surface area (Å²) >= 11 is 0. The molecule has 0 fully saturated rings. The van der Waals surface area contributed by atoms with E-state index in [4.69, 9.17) is 9.47 Å². The van der Waals surface area contributed by atoms with E-state index in [0.29, 0.717) is 12.7 Å². The van der Waals surface area contributed by atoms with Crippen LogP contribution in [0.4, 0.5) is 0 Å². The number of ether oxygens (including phenoxy) is 2. The van der Waals surface area contributed by atoms with E-state index in [2.05, 4.69) is 32.2 Å². The Bertz CT molecular complexity index is 341. The van der Waals surface area contributed by atoms with Gasteiger partial charge in [0.15, 0.2) is 0 Å². The fourth-order valence-corrected chi connectivity index (χ4v) is 1.84. The van der Waals surface area contributed by atoms with E-state index in [-0.39, 0.29) is 6.04 Å². The summed E-state index contributed by atoms with van der Waals surface area (Å²) in [4.78, 5) is 0. The van der Waals surface area contributed by atoms with Gasteiger partial charge >= 0.3 is 0 Å². The molecular formula is C15H25NO2. The Hall–Kier alpha value is -1.06. The van der Waals surface area contributed by atoms with Gasteiger partial charge in [-0.05, 0) is 26.0 Å². The third-order valence-corrected chi connectivity index (χ3v) is 3.09. The first-order chi connectivity index (χ1) is 8.72. The maximum absolute atomic E-state index is 5.84. The standard InChI is InChI=1S/C15H25NO2/c1-5-12(3)18-11-14(16-6-2)13-9-7-8-10-15(13)17-4/h7-10,12,14,16H,5-6,11H2,1-4H3. The van der Waals surface area contributed by atoms with Crippen LogP contribution < -0.4 is 10.1 Å². The SMILES string of the molecule is CCNC(COC(C)CC)c1ccccc1OC. The van der Waals surface area contributed by atoms with Crippen LogP contribution in [-0.2, 0) is 4.74 Å². The van der Waals surface area contributed by atoms with Gasteiger partial charge < -0.3 is 14.8 Å². The first-order valence-electron chi connectivity index (χ1n) is 6.70. The number of likely N-dealkylation sites (N-methyl/N-ethyl adjacent to an activating group) is 1. The predicted molar refractivity (Wildman–Crippen MR) is 75.1 cm³/mol. The lowest BCUT2D eigenvalue weighted by molar-refractivity contribution is 0.0472. The molecular weight excluding hydrogens is 226 g/mol. The monoisotopic (exact) mass is 251 g/mol. The van der Waals surface area contributed by atoms with Crippen LogP contribution in [-0.4, -0.2) is 26.4 Å². The molecule has 2 unspecified atom stereocenters. The maximum atomic E-state index is 5.84. The van der Waals surface area contributed by atoms with Crippen molar-refractivity contribution in [2.45, 2.75) is 39.3 Å². The maximum Gasteiger partial charge on any atom is 0.123 e. The Balaban J connectivity index is 2.76. The van der Waals surface area contributed by atoms with E-state index >= 15 is 0 Å². The summed E-state index contributed by atoms with van der Waals surface area (Å²) in [6.45, 7) is 7.92. The molecule has 18 heavy (non-hydrogen) atoms. The second kappa shape index (κ2) is 8.11. The Morgan fingerprint density at radius 3 is 2.56 bits per heavy atom. The Morgan fingerprint density at radius 2 is 1.94 bits per heavy atom. The zero-order valence-electron chi connectivity index (χ0n) is 11.9. The number of rotatable bonds is 8. The molecule has 0 spiro atoms. The van der Waals surface area contributed by atoms with Gasteiger partial charge in [0.2, 0.25) is 0 Å². The molecule has 1 aromatic rings. The molecule has 0 amide bonds. The molecule has 1 rings (SSSR count). The molecule has 1 N–H and O–H groups in total. The molecule has 2 atom stereocenters. The van der Waals surface area contributed by atoms with E-state index in [9.17, 15) is 0 Å². The number of hydrogen-bond acceptors (Lipinski definition) is 3. The average Bonchev–Trinajstić information content (AvgIpc) is 2.43. The van der Waals surface area contributed by atoms with Gasteiger partial charge in [0.25, 0.3) is 0 Å². The summed E-state index contributed by atoms with van der Waals surface area (Å²) in [5.74, 6) is 0.913. The molecule has 0 bridgehead atoms. The van der Waals surface area contributed by atoms with E-state index in [1.165, 1.54) is 0 Å². The quantitative estimate of drug-likeness (QED) is 0.770. The van der Waals surface area contributed by atoms with Crippen LogP contribution >= 0.6 is 0 Å². The minimum atomic E-state index is 0.181. The van der Waals surface area contributed by atoms with Crippen molar-refractivity contribution in [3.05, 3.63) is 29.8 Å². The summed E-state index contributed by atoms with van der Waals surface area (Å²) in [5.41, 5.74) is 1.16. The highest BCUT2D eigenvalue weighted by atomic mass is 16.5. The molecule has 0 saturated carbocycles. The van der Waals surface area contributed by atoms with Crippen molar-refractivity contribution in [3.8, 4) is 5.75 Å². The van der Waals surface area contributed by atoms with Crippen LogP contribution in [0.15, 0.2) is 24.3 Å². The Kier molecular flexibility index (Phi) is 6.76. The fourth-order valence-electron chi connectivity index (χ4n) is 1.84. The van der Waals surface area contributed by atoms with Gasteiger partial charge in [-0.2, -0.15) is 0 Å². The topological polar surface area (TPSA) is 30.5 Å². The molecule has 0 heterocycles. The third kappa shape index (κ3) is 4.31. The van der Waals surface area contributed by atoms with Crippen LogP contribution in [0.25, 0.3) is 0 Å². The van der Waals surface area contributed by atoms with Crippen LogP contribution in [0.1, 0.15) is 38.8 Å². The normalized spacial score (nSPS) is 14.2. The molecule has 0 aliphatic rings. The molecule has 0 radical (unpaired) electrons. The first kappa shape index (κ1) is 15.0. The molecule has 0 aliphatic heterocycles. The summed E-state index contributed by atoms with van der Waals surface area (Å²) in [6, 6.07) is 8.28. The zero-order chi connectivity index (χ0) is 13.4. The van der Waals surface area contributed by atoms with E-state index < -0.39 is 0 Å². The van der Waals surface area contributed by atoms with Crippen molar-refractivity contribution < 1.29 is 9.47 Å². The van der Waals surface area contributed by atoms with Gasteiger partial charge in [-0.15, -0.1) is 0 Å². The highest BCUT2D eigenvalue weighted by Crippen LogP contribution is 2.25. The fraction of sp³-hybridized carbons (Fsp3) is 0.600. The lowest BCUT2D eigenvalue weighted by Crippen LogP contribution is -2.27. The van der Waals surface area contributed by atoms with Gasteiger partial charge in [-0.3, -0.25) is 0 Å². The summed E-state index contributed by atoms with van der Waals surface area (Å²) < 4.78 is 11.3. The number of benzene rings is 1. The molecule has 0 saturated heterocycles. The van der Waals surface area contributed by atoms with E-state index in [1.807, 2.05) is 18.2 Å². The minimum Gasteiger partial charge on any atom is -0.496 e. The number of hydrogen-bond donors (Lipinski definition) is 1. The summed E-state index contributed by atoms with van der Waals surface area (Å²) in [6.07, 6.45) is 1.32. The zero-order valence-corrected chi connectivity index (χ0v) is 11.9. The van der Waals surface area contributed by atoms with Crippen molar-refractivity contribution in [3.63, 3.8) is 0 Å². The second-order valence-electron chi connectivity index (χ2n) is 4.40. The molecule has 0 aliphatic carbocycles. The van der Waals surface area contributed by atoms with Crippen LogP contribution in [0.5, 0.6) is 5.75 Å². The highest BCUT2D eigenvalue weighted by Gasteiger charge is 2.15. The van der Waals surface area contributed by atoms with Crippen molar-refractivity contribution in [1.29, 1.82) is 0 Å². The van der Waals surface area contributed by atoms with Gasteiger partial charge in [0.05, 0.1) is 25.9 Å².